The molecular weight excluding hydrogens is 200 g/mol. The van der Waals surface area contributed by atoms with Gasteiger partial charge < -0.3 is 4.79 Å². The van der Waals surface area contributed by atoms with E-state index in [9.17, 15) is 9.59 Å². The van der Waals surface area contributed by atoms with Crippen LogP contribution in [0.25, 0.3) is 6.08 Å². The Morgan fingerprint density at radius 2 is 1.69 bits per heavy atom. The number of hydrogen-bond acceptors (Lipinski definition) is 2. The summed E-state index contributed by atoms with van der Waals surface area (Å²) in [7, 11) is 0. The van der Waals surface area contributed by atoms with Crippen molar-refractivity contribution in [3.8, 4) is 0 Å². The number of carbonyl (C=O) groups excluding carboxylic acids is 2. The summed E-state index contributed by atoms with van der Waals surface area (Å²) in [5, 5.41) is 0. The normalized spacial score (nSPS) is 11.2. The third kappa shape index (κ3) is 4.22. The van der Waals surface area contributed by atoms with Crippen molar-refractivity contribution >= 4 is 17.6 Å². The first-order chi connectivity index (χ1) is 7.59. The fourth-order valence-corrected chi connectivity index (χ4v) is 1.41. The standard InChI is InChI=1S/C14H16O2/c1-11(15)8-9-14(12(2)16)10-13-6-4-3-5-7-13/h3-7,10H,8-9H2,1-2H3/b14-10+. The largest absolute Gasteiger partial charge is 0.300 e. The second kappa shape index (κ2) is 6.01. The predicted octanol–water partition coefficient (Wildman–Crippen LogP) is 3.03. The van der Waals surface area contributed by atoms with Crippen LogP contribution in [0.2, 0.25) is 0 Å². The second-order valence-electron chi connectivity index (χ2n) is 3.84. The van der Waals surface area contributed by atoms with Gasteiger partial charge in [0.05, 0.1) is 0 Å². The van der Waals surface area contributed by atoms with Crippen molar-refractivity contribution in [2.75, 3.05) is 0 Å². The highest BCUT2D eigenvalue weighted by molar-refractivity contribution is 5.98. The third-order valence-corrected chi connectivity index (χ3v) is 2.34. The maximum Gasteiger partial charge on any atom is 0.155 e. The average Bonchev–Trinajstić information content (AvgIpc) is 2.25. The van der Waals surface area contributed by atoms with Crippen LogP contribution in [0.3, 0.4) is 0 Å². The number of carbonyl (C=O) groups is 2. The molecule has 2 nitrogen and oxygen atoms in total. The first-order valence-corrected chi connectivity index (χ1v) is 5.35. The maximum atomic E-state index is 11.4. The van der Waals surface area contributed by atoms with Crippen LogP contribution >= 0.6 is 0 Å². The van der Waals surface area contributed by atoms with Gasteiger partial charge in [-0.15, -0.1) is 0 Å². The molecule has 0 aliphatic rings. The first kappa shape index (κ1) is 12.4. The molecular formula is C14H16O2. The molecule has 0 aliphatic heterocycles. The molecule has 2 heteroatoms. The molecule has 0 amide bonds. The molecule has 0 bridgehead atoms. The minimum atomic E-state index is 0.0325. The lowest BCUT2D eigenvalue weighted by Gasteiger charge is -2.02. The van der Waals surface area contributed by atoms with E-state index in [1.165, 1.54) is 6.92 Å². The monoisotopic (exact) mass is 216 g/mol. The van der Waals surface area contributed by atoms with Crippen molar-refractivity contribution in [2.24, 2.45) is 0 Å². The Kier molecular flexibility index (Phi) is 4.65. The van der Waals surface area contributed by atoms with Gasteiger partial charge in [-0.2, -0.15) is 0 Å². The quantitative estimate of drug-likeness (QED) is 0.709. The number of allylic oxidation sites excluding steroid dienone is 1. The van der Waals surface area contributed by atoms with Gasteiger partial charge in [-0.1, -0.05) is 30.3 Å². The Morgan fingerprint density at radius 3 is 2.19 bits per heavy atom. The highest BCUT2D eigenvalue weighted by atomic mass is 16.1. The van der Waals surface area contributed by atoms with E-state index in [1.807, 2.05) is 36.4 Å². The zero-order chi connectivity index (χ0) is 12.0. The molecule has 1 aromatic rings. The molecule has 1 rings (SSSR count). The lowest BCUT2D eigenvalue weighted by Crippen LogP contribution is -2.00. The molecule has 84 valence electrons. The van der Waals surface area contributed by atoms with Crippen LogP contribution in [0.1, 0.15) is 32.3 Å². The van der Waals surface area contributed by atoms with E-state index in [2.05, 4.69) is 0 Å². The second-order valence-corrected chi connectivity index (χ2v) is 3.84. The van der Waals surface area contributed by atoms with E-state index in [0.717, 1.165) is 5.56 Å². The van der Waals surface area contributed by atoms with Crippen LogP contribution in [-0.4, -0.2) is 11.6 Å². The Balaban J connectivity index is 2.81. The van der Waals surface area contributed by atoms with Crippen molar-refractivity contribution in [3.63, 3.8) is 0 Å². The van der Waals surface area contributed by atoms with Crippen molar-refractivity contribution < 1.29 is 9.59 Å². The highest BCUT2D eigenvalue weighted by Crippen LogP contribution is 2.12. The Bertz CT molecular complexity index is 402. The third-order valence-electron chi connectivity index (χ3n) is 2.34. The molecule has 0 unspecified atom stereocenters. The first-order valence-electron chi connectivity index (χ1n) is 5.35. The Morgan fingerprint density at radius 1 is 1.06 bits per heavy atom. The summed E-state index contributed by atoms with van der Waals surface area (Å²) < 4.78 is 0. The number of hydrogen-bond donors (Lipinski definition) is 0. The van der Waals surface area contributed by atoms with Gasteiger partial charge in [0.2, 0.25) is 0 Å². The number of ketones is 2. The van der Waals surface area contributed by atoms with Gasteiger partial charge in [0.1, 0.15) is 5.78 Å². The van der Waals surface area contributed by atoms with Gasteiger partial charge in [-0.25, -0.2) is 0 Å². The van der Waals surface area contributed by atoms with E-state index in [-0.39, 0.29) is 11.6 Å². The lowest BCUT2D eigenvalue weighted by molar-refractivity contribution is -0.117. The molecule has 0 spiro atoms. The smallest absolute Gasteiger partial charge is 0.155 e. The predicted molar refractivity (Wildman–Crippen MR) is 65.0 cm³/mol. The average molecular weight is 216 g/mol. The summed E-state index contributed by atoms with van der Waals surface area (Å²) >= 11 is 0. The lowest BCUT2D eigenvalue weighted by atomic mass is 10.0. The number of Topliss-reactive ketones (excluding diaryl/α,β-unsaturated/α-hetero) is 2. The van der Waals surface area contributed by atoms with Crippen LogP contribution < -0.4 is 0 Å². The summed E-state index contributed by atoms with van der Waals surface area (Å²) in [5.41, 5.74) is 1.71. The van der Waals surface area contributed by atoms with Gasteiger partial charge in [-0.05, 0) is 37.5 Å². The zero-order valence-corrected chi connectivity index (χ0v) is 9.69. The van der Waals surface area contributed by atoms with Crippen LogP contribution in [0.4, 0.5) is 0 Å². The van der Waals surface area contributed by atoms with E-state index < -0.39 is 0 Å². The topological polar surface area (TPSA) is 34.1 Å². The zero-order valence-electron chi connectivity index (χ0n) is 9.69. The van der Waals surface area contributed by atoms with Gasteiger partial charge in [0.25, 0.3) is 0 Å². The Hall–Kier alpha value is -1.70. The van der Waals surface area contributed by atoms with Crippen LogP contribution in [0.15, 0.2) is 35.9 Å². The van der Waals surface area contributed by atoms with E-state index >= 15 is 0 Å². The van der Waals surface area contributed by atoms with E-state index in [1.54, 1.807) is 6.92 Å². The van der Waals surface area contributed by atoms with Crippen LogP contribution in [0, 0.1) is 0 Å². The molecule has 0 fully saturated rings. The van der Waals surface area contributed by atoms with Crippen molar-refractivity contribution in [3.05, 3.63) is 41.5 Å². The van der Waals surface area contributed by atoms with E-state index in [4.69, 9.17) is 0 Å². The van der Waals surface area contributed by atoms with Crippen molar-refractivity contribution in [2.45, 2.75) is 26.7 Å². The van der Waals surface area contributed by atoms with Gasteiger partial charge in [-0.3, -0.25) is 4.79 Å². The molecule has 1 aromatic carbocycles. The van der Waals surface area contributed by atoms with Gasteiger partial charge in [0.15, 0.2) is 5.78 Å². The number of benzene rings is 1. The van der Waals surface area contributed by atoms with Crippen LogP contribution in [-0.2, 0) is 9.59 Å². The van der Waals surface area contributed by atoms with Gasteiger partial charge >= 0.3 is 0 Å². The van der Waals surface area contributed by atoms with Gasteiger partial charge in [0, 0.05) is 6.42 Å². The molecule has 0 aliphatic carbocycles. The Labute approximate surface area is 96.0 Å². The summed E-state index contributed by atoms with van der Waals surface area (Å²) in [4.78, 5) is 22.3. The SMILES string of the molecule is CC(=O)CC/C(=C\c1ccccc1)C(C)=O. The molecule has 0 radical (unpaired) electrons. The highest BCUT2D eigenvalue weighted by Gasteiger charge is 2.05. The van der Waals surface area contributed by atoms with E-state index in [0.29, 0.717) is 18.4 Å². The molecule has 0 atom stereocenters. The summed E-state index contributed by atoms with van der Waals surface area (Å²) in [5.74, 6) is 0.144. The van der Waals surface area contributed by atoms with Crippen molar-refractivity contribution in [1.29, 1.82) is 0 Å². The minimum absolute atomic E-state index is 0.0325. The molecule has 0 heterocycles. The summed E-state index contributed by atoms with van der Waals surface area (Å²) in [6, 6.07) is 9.66. The fourth-order valence-electron chi connectivity index (χ4n) is 1.41. The minimum Gasteiger partial charge on any atom is -0.300 e. The molecule has 0 N–H and O–H groups in total. The maximum absolute atomic E-state index is 11.4. The molecule has 16 heavy (non-hydrogen) atoms. The molecule has 0 aromatic heterocycles. The summed E-state index contributed by atoms with van der Waals surface area (Å²) in [6.07, 6.45) is 2.81. The molecule has 0 saturated carbocycles. The van der Waals surface area contributed by atoms with Crippen molar-refractivity contribution in [1.82, 2.24) is 0 Å². The van der Waals surface area contributed by atoms with Crippen LogP contribution in [0.5, 0.6) is 0 Å². The summed E-state index contributed by atoms with van der Waals surface area (Å²) in [6.45, 7) is 3.08. The molecule has 0 saturated heterocycles. The fraction of sp³-hybridized carbons (Fsp3) is 0.286. The number of rotatable bonds is 5.